The summed E-state index contributed by atoms with van der Waals surface area (Å²) in [5.41, 5.74) is 0.810. The van der Waals surface area contributed by atoms with Gasteiger partial charge in [0.2, 0.25) is 10.0 Å². The number of hydrogen-bond donors (Lipinski definition) is 1. The van der Waals surface area contributed by atoms with Crippen molar-refractivity contribution in [1.82, 2.24) is 4.72 Å². The smallest absolute Gasteiger partial charge is 0.240 e. The maximum absolute atomic E-state index is 13.3. The summed E-state index contributed by atoms with van der Waals surface area (Å²) in [5, 5.41) is 0. The lowest BCUT2D eigenvalue weighted by molar-refractivity contribution is 0.408. The Labute approximate surface area is 134 Å². The van der Waals surface area contributed by atoms with E-state index in [1.54, 1.807) is 0 Å². The summed E-state index contributed by atoms with van der Waals surface area (Å²) in [6, 6.07) is 7.64. The van der Waals surface area contributed by atoms with Crippen molar-refractivity contribution in [2.24, 2.45) is 0 Å². The molecule has 0 atom stereocenters. The first-order valence-corrected chi connectivity index (χ1v) is 8.40. The van der Waals surface area contributed by atoms with Gasteiger partial charge >= 0.3 is 0 Å². The summed E-state index contributed by atoms with van der Waals surface area (Å²) in [7, 11) is -2.29. The molecule has 4 nitrogen and oxygen atoms in total. The van der Waals surface area contributed by atoms with Gasteiger partial charge in [0, 0.05) is 6.54 Å². The molecule has 7 heteroatoms. The SMILES string of the molecule is COc1ccc(F)cc1CCNS(=O)(=O)c1ccc(F)c(C)c1. The first-order chi connectivity index (χ1) is 10.8. The summed E-state index contributed by atoms with van der Waals surface area (Å²) in [4.78, 5) is -0.0115. The number of aryl methyl sites for hydroxylation is 1. The van der Waals surface area contributed by atoms with Crippen molar-refractivity contribution in [2.45, 2.75) is 18.2 Å². The van der Waals surface area contributed by atoms with Crippen molar-refractivity contribution < 1.29 is 21.9 Å². The summed E-state index contributed by atoms with van der Waals surface area (Å²) in [6.07, 6.45) is 0.264. The van der Waals surface area contributed by atoms with E-state index in [4.69, 9.17) is 4.74 Å². The number of ether oxygens (including phenoxy) is 1. The standard InChI is InChI=1S/C16H17F2NO3S/c1-11-9-14(4-5-15(11)18)23(20,21)19-8-7-12-10-13(17)3-6-16(12)22-2/h3-6,9-10,19H,7-8H2,1-2H3. The molecule has 0 spiro atoms. The molecule has 1 N–H and O–H groups in total. The van der Waals surface area contributed by atoms with Gasteiger partial charge in [-0.05, 0) is 60.9 Å². The minimum absolute atomic E-state index is 0.0115. The van der Waals surface area contributed by atoms with Crippen molar-refractivity contribution in [1.29, 1.82) is 0 Å². The Hall–Kier alpha value is -1.99. The monoisotopic (exact) mass is 341 g/mol. The minimum atomic E-state index is -3.75. The highest BCUT2D eigenvalue weighted by molar-refractivity contribution is 7.89. The van der Waals surface area contributed by atoms with Crippen LogP contribution in [0.1, 0.15) is 11.1 Å². The number of nitrogens with one attached hydrogen (secondary N) is 1. The third kappa shape index (κ3) is 4.27. The third-order valence-electron chi connectivity index (χ3n) is 3.37. The topological polar surface area (TPSA) is 55.4 Å². The van der Waals surface area contributed by atoms with E-state index >= 15 is 0 Å². The molecule has 0 radical (unpaired) electrons. The lowest BCUT2D eigenvalue weighted by Gasteiger charge is -2.10. The molecule has 0 aliphatic carbocycles. The number of sulfonamides is 1. The Morgan fingerprint density at radius 3 is 2.52 bits per heavy atom. The summed E-state index contributed by atoms with van der Waals surface area (Å²) in [5.74, 6) is -0.394. The third-order valence-corrected chi connectivity index (χ3v) is 4.83. The number of rotatable bonds is 6. The van der Waals surface area contributed by atoms with Crippen molar-refractivity contribution in [3.8, 4) is 5.75 Å². The van der Waals surface area contributed by atoms with Gasteiger partial charge in [0.15, 0.2) is 0 Å². The van der Waals surface area contributed by atoms with Gasteiger partial charge in [-0.3, -0.25) is 0 Å². The Bertz CT molecular complexity index is 807. The van der Waals surface area contributed by atoms with Crippen LogP contribution in [0, 0.1) is 18.6 Å². The van der Waals surface area contributed by atoms with Crippen molar-refractivity contribution in [2.75, 3.05) is 13.7 Å². The number of benzene rings is 2. The zero-order valence-electron chi connectivity index (χ0n) is 12.8. The second kappa shape index (κ2) is 7.06. The summed E-state index contributed by atoms with van der Waals surface area (Å²) in [6.45, 7) is 1.56. The molecule has 0 aromatic heterocycles. The highest BCUT2D eigenvalue weighted by atomic mass is 32.2. The van der Waals surface area contributed by atoms with Gasteiger partial charge in [0.25, 0.3) is 0 Å². The zero-order valence-corrected chi connectivity index (χ0v) is 13.6. The predicted molar refractivity (Wildman–Crippen MR) is 83.0 cm³/mol. The average molecular weight is 341 g/mol. The minimum Gasteiger partial charge on any atom is -0.496 e. The van der Waals surface area contributed by atoms with E-state index in [1.807, 2.05) is 0 Å². The maximum atomic E-state index is 13.3. The summed E-state index contributed by atoms with van der Waals surface area (Å²) < 4.78 is 58.3. The van der Waals surface area contributed by atoms with Gasteiger partial charge in [-0.1, -0.05) is 0 Å². The quantitative estimate of drug-likeness (QED) is 0.879. The fourth-order valence-corrected chi connectivity index (χ4v) is 3.25. The molecule has 0 aliphatic rings. The van der Waals surface area contributed by atoms with E-state index in [0.717, 1.165) is 6.07 Å². The van der Waals surface area contributed by atoms with Crippen molar-refractivity contribution in [3.05, 3.63) is 59.2 Å². The number of hydrogen-bond acceptors (Lipinski definition) is 3. The Balaban J connectivity index is 2.08. The molecule has 0 bridgehead atoms. The molecule has 0 saturated carbocycles. The van der Waals surface area contributed by atoms with E-state index in [-0.39, 0.29) is 23.4 Å². The fourth-order valence-electron chi connectivity index (χ4n) is 2.13. The van der Waals surface area contributed by atoms with Crippen LogP contribution in [0.5, 0.6) is 5.75 Å². The Morgan fingerprint density at radius 1 is 1.13 bits per heavy atom. The van der Waals surface area contributed by atoms with E-state index in [2.05, 4.69) is 4.72 Å². The lowest BCUT2D eigenvalue weighted by Crippen LogP contribution is -2.26. The molecule has 2 rings (SSSR count). The second-order valence-corrected chi connectivity index (χ2v) is 6.78. The number of halogens is 2. The van der Waals surface area contributed by atoms with Crippen LogP contribution in [-0.2, 0) is 16.4 Å². The molecular formula is C16H17F2NO3S. The fraction of sp³-hybridized carbons (Fsp3) is 0.250. The largest absolute Gasteiger partial charge is 0.496 e. The van der Waals surface area contributed by atoms with Crippen LogP contribution in [0.4, 0.5) is 8.78 Å². The molecule has 0 unspecified atom stereocenters. The molecular weight excluding hydrogens is 324 g/mol. The van der Waals surface area contributed by atoms with E-state index < -0.39 is 21.7 Å². The maximum Gasteiger partial charge on any atom is 0.240 e. The van der Waals surface area contributed by atoms with Gasteiger partial charge in [0.05, 0.1) is 12.0 Å². The molecule has 0 aliphatic heterocycles. The van der Waals surface area contributed by atoms with Gasteiger partial charge in [-0.2, -0.15) is 0 Å². The van der Waals surface area contributed by atoms with Gasteiger partial charge in [0.1, 0.15) is 17.4 Å². The van der Waals surface area contributed by atoms with Crippen LogP contribution in [-0.4, -0.2) is 22.1 Å². The molecule has 0 fully saturated rings. The first kappa shape index (κ1) is 17.4. The first-order valence-electron chi connectivity index (χ1n) is 6.92. The lowest BCUT2D eigenvalue weighted by atomic mass is 10.1. The van der Waals surface area contributed by atoms with Crippen LogP contribution < -0.4 is 9.46 Å². The molecule has 0 amide bonds. The molecule has 23 heavy (non-hydrogen) atoms. The van der Waals surface area contributed by atoms with Gasteiger partial charge in [-0.15, -0.1) is 0 Å². The molecule has 0 saturated heterocycles. The van der Waals surface area contributed by atoms with Crippen LogP contribution >= 0.6 is 0 Å². The molecule has 124 valence electrons. The normalized spacial score (nSPS) is 11.5. The van der Waals surface area contributed by atoms with E-state index in [9.17, 15) is 17.2 Å². The van der Waals surface area contributed by atoms with Crippen molar-refractivity contribution >= 4 is 10.0 Å². The van der Waals surface area contributed by atoms with Crippen LogP contribution in [0.15, 0.2) is 41.3 Å². The molecule has 2 aromatic carbocycles. The van der Waals surface area contributed by atoms with Gasteiger partial charge in [-0.25, -0.2) is 21.9 Å². The van der Waals surface area contributed by atoms with Crippen molar-refractivity contribution in [3.63, 3.8) is 0 Å². The molecule has 0 heterocycles. The highest BCUT2D eigenvalue weighted by Gasteiger charge is 2.15. The zero-order chi connectivity index (χ0) is 17.0. The van der Waals surface area contributed by atoms with Crippen LogP contribution in [0.3, 0.4) is 0 Å². The van der Waals surface area contributed by atoms with Crippen LogP contribution in [0.2, 0.25) is 0 Å². The van der Waals surface area contributed by atoms with Gasteiger partial charge < -0.3 is 4.74 Å². The number of methoxy groups -OCH3 is 1. The highest BCUT2D eigenvalue weighted by Crippen LogP contribution is 2.20. The second-order valence-electron chi connectivity index (χ2n) is 5.01. The Kier molecular flexibility index (Phi) is 5.33. The predicted octanol–water partition coefficient (Wildman–Crippen LogP) is 2.80. The molecule has 2 aromatic rings. The van der Waals surface area contributed by atoms with E-state index in [1.165, 1.54) is 44.4 Å². The average Bonchev–Trinajstić information content (AvgIpc) is 2.50. The van der Waals surface area contributed by atoms with Crippen LogP contribution in [0.25, 0.3) is 0 Å². The van der Waals surface area contributed by atoms with E-state index in [0.29, 0.717) is 11.3 Å². The summed E-state index contributed by atoms with van der Waals surface area (Å²) >= 11 is 0. The Morgan fingerprint density at radius 2 is 1.87 bits per heavy atom.